The Bertz CT molecular complexity index is 940. The van der Waals surface area contributed by atoms with E-state index in [1.165, 1.54) is 24.8 Å². The van der Waals surface area contributed by atoms with Crippen LogP contribution in [0.5, 0.6) is 23.0 Å². The lowest BCUT2D eigenvalue weighted by Crippen LogP contribution is -2.45. The SMILES string of the molecule is CCCCC[C@@H](c1ccc(Oc2ccccc2)c(Oc2ccccc2)c1)N1CCNCC1. The molecule has 4 rings (SSSR count). The lowest BCUT2D eigenvalue weighted by molar-refractivity contribution is 0.162. The largest absolute Gasteiger partial charge is 0.453 e. The van der Waals surface area contributed by atoms with E-state index < -0.39 is 0 Å². The van der Waals surface area contributed by atoms with Crippen molar-refractivity contribution in [1.82, 2.24) is 10.2 Å². The number of para-hydroxylation sites is 2. The Morgan fingerprint density at radius 3 is 2.03 bits per heavy atom. The van der Waals surface area contributed by atoms with Gasteiger partial charge in [-0.05, 0) is 48.4 Å². The fourth-order valence-corrected chi connectivity index (χ4v) is 4.27. The van der Waals surface area contributed by atoms with Crippen molar-refractivity contribution in [2.45, 2.75) is 38.6 Å². The molecule has 1 fully saturated rings. The number of piperazine rings is 1. The molecule has 0 aliphatic carbocycles. The van der Waals surface area contributed by atoms with Crippen LogP contribution >= 0.6 is 0 Å². The molecule has 4 heteroatoms. The minimum absolute atomic E-state index is 0.396. The van der Waals surface area contributed by atoms with Crippen LogP contribution in [0.4, 0.5) is 0 Å². The molecule has 1 heterocycles. The Balaban J connectivity index is 1.64. The van der Waals surface area contributed by atoms with E-state index in [1.54, 1.807) is 0 Å². The molecule has 4 nitrogen and oxygen atoms in total. The molecule has 0 spiro atoms. The van der Waals surface area contributed by atoms with E-state index in [4.69, 9.17) is 9.47 Å². The summed E-state index contributed by atoms with van der Waals surface area (Å²) in [6.45, 7) is 6.52. The van der Waals surface area contributed by atoms with E-state index in [0.29, 0.717) is 6.04 Å². The fraction of sp³-hybridized carbons (Fsp3) is 0.357. The lowest BCUT2D eigenvalue weighted by Gasteiger charge is -2.35. The van der Waals surface area contributed by atoms with Crippen LogP contribution in [0.25, 0.3) is 0 Å². The summed E-state index contributed by atoms with van der Waals surface area (Å²) in [5, 5.41) is 3.48. The van der Waals surface area contributed by atoms with Crippen molar-refractivity contribution in [3.8, 4) is 23.0 Å². The average Bonchev–Trinajstić information content (AvgIpc) is 2.85. The van der Waals surface area contributed by atoms with Gasteiger partial charge in [0.2, 0.25) is 0 Å². The first-order chi connectivity index (χ1) is 15.8. The van der Waals surface area contributed by atoms with Gasteiger partial charge >= 0.3 is 0 Å². The molecule has 0 radical (unpaired) electrons. The molecule has 0 aromatic heterocycles. The van der Waals surface area contributed by atoms with Gasteiger partial charge in [0.05, 0.1) is 0 Å². The maximum Gasteiger partial charge on any atom is 0.170 e. The zero-order valence-electron chi connectivity index (χ0n) is 19.0. The van der Waals surface area contributed by atoms with Crippen LogP contribution in [0.2, 0.25) is 0 Å². The Kier molecular flexibility index (Phi) is 8.18. The maximum atomic E-state index is 6.33. The summed E-state index contributed by atoms with van der Waals surface area (Å²) in [7, 11) is 0. The fourth-order valence-electron chi connectivity index (χ4n) is 4.27. The van der Waals surface area contributed by atoms with Crippen molar-refractivity contribution in [2.24, 2.45) is 0 Å². The molecular formula is C28H34N2O2. The Labute approximate surface area is 192 Å². The molecule has 1 N–H and O–H groups in total. The van der Waals surface area contributed by atoms with Gasteiger partial charge < -0.3 is 14.8 Å². The van der Waals surface area contributed by atoms with Gasteiger partial charge in [-0.1, -0.05) is 68.7 Å². The lowest BCUT2D eigenvalue weighted by atomic mass is 9.97. The van der Waals surface area contributed by atoms with Crippen molar-refractivity contribution in [3.05, 3.63) is 84.4 Å². The zero-order valence-corrected chi connectivity index (χ0v) is 19.0. The minimum atomic E-state index is 0.396. The van der Waals surface area contributed by atoms with Crippen LogP contribution in [-0.4, -0.2) is 31.1 Å². The monoisotopic (exact) mass is 430 g/mol. The van der Waals surface area contributed by atoms with Gasteiger partial charge in [-0.25, -0.2) is 0 Å². The first kappa shape index (κ1) is 22.4. The van der Waals surface area contributed by atoms with Crippen LogP contribution in [0.3, 0.4) is 0 Å². The topological polar surface area (TPSA) is 33.7 Å². The van der Waals surface area contributed by atoms with Gasteiger partial charge in [-0.15, -0.1) is 0 Å². The third-order valence-electron chi connectivity index (χ3n) is 5.97. The highest BCUT2D eigenvalue weighted by atomic mass is 16.5. The van der Waals surface area contributed by atoms with Crippen molar-refractivity contribution in [3.63, 3.8) is 0 Å². The molecule has 1 saturated heterocycles. The second-order valence-electron chi connectivity index (χ2n) is 8.33. The van der Waals surface area contributed by atoms with E-state index in [9.17, 15) is 0 Å². The number of nitrogens with one attached hydrogen (secondary N) is 1. The molecular weight excluding hydrogens is 396 g/mol. The molecule has 3 aromatic rings. The van der Waals surface area contributed by atoms with Gasteiger partial charge in [-0.2, -0.15) is 0 Å². The number of hydrogen-bond acceptors (Lipinski definition) is 4. The van der Waals surface area contributed by atoms with E-state index in [2.05, 4.69) is 35.3 Å². The summed E-state index contributed by atoms with van der Waals surface area (Å²) in [6.07, 6.45) is 4.91. The van der Waals surface area contributed by atoms with Crippen molar-refractivity contribution in [2.75, 3.05) is 26.2 Å². The van der Waals surface area contributed by atoms with Crippen LogP contribution in [0.15, 0.2) is 78.9 Å². The number of rotatable bonds is 10. The highest BCUT2D eigenvalue weighted by molar-refractivity contribution is 5.48. The summed E-state index contributed by atoms with van der Waals surface area (Å²) in [4.78, 5) is 2.62. The first-order valence-electron chi connectivity index (χ1n) is 11.9. The number of ether oxygens (including phenoxy) is 2. The average molecular weight is 431 g/mol. The molecule has 0 saturated carbocycles. The van der Waals surface area contributed by atoms with Crippen LogP contribution in [-0.2, 0) is 0 Å². The van der Waals surface area contributed by atoms with Gasteiger partial charge in [-0.3, -0.25) is 4.90 Å². The highest BCUT2D eigenvalue weighted by Crippen LogP contribution is 2.39. The van der Waals surface area contributed by atoms with Crippen molar-refractivity contribution >= 4 is 0 Å². The Hall–Kier alpha value is -2.82. The Morgan fingerprint density at radius 1 is 0.781 bits per heavy atom. The highest BCUT2D eigenvalue weighted by Gasteiger charge is 2.23. The predicted octanol–water partition coefficient (Wildman–Crippen LogP) is 6.80. The van der Waals surface area contributed by atoms with Crippen LogP contribution in [0, 0.1) is 0 Å². The molecule has 1 aliphatic rings. The summed E-state index contributed by atoms with van der Waals surface area (Å²) >= 11 is 0. The quantitative estimate of drug-likeness (QED) is 0.359. The molecule has 1 atom stereocenters. The van der Waals surface area contributed by atoms with E-state index >= 15 is 0 Å². The van der Waals surface area contributed by atoms with Gasteiger partial charge in [0, 0.05) is 32.2 Å². The third-order valence-corrected chi connectivity index (χ3v) is 5.97. The number of unbranched alkanes of at least 4 members (excludes halogenated alkanes) is 2. The summed E-state index contributed by atoms with van der Waals surface area (Å²) in [5.41, 5.74) is 1.30. The standard InChI is InChI=1S/C28H34N2O2/c1-2-3-6-15-26(30-20-18-29-19-21-30)23-16-17-27(31-24-11-7-4-8-12-24)28(22-23)32-25-13-9-5-10-14-25/h4-5,7-14,16-17,22,26,29H,2-3,6,15,18-21H2,1H3/t26-/m0/s1. The smallest absolute Gasteiger partial charge is 0.170 e. The van der Waals surface area contributed by atoms with Gasteiger partial charge in [0.1, 0.15) is 11.5 Å². The van der Waals surface area contributed by atoms with Crippen LogP contribution in [0.1, 0.15) is 44.2 Å². The summed E-state index contributed by atoms with van der Waals surface area (Å²) in [6, 6.07) is 26.7. The minimum Gasteiger partial charge on any atom is -0.453 e. The molecule has 32 heavy (non-hydrogen) atoms. The zero-order chi connectivity index (χ0) is 22.0. The molecule has 168 valence electrons. The summed E-state index contributed by atoms with van der Waals surface area (Å²) < 4.78 is 12.5. The van der Waals surface area contributed by atoms with Crippen molar-refractivity contribution < 1.29 is 9.47 Å². The predicted molar refractivity (Wildman–Crippen MR) is 131 cm³/mol. The van der Waals surface area contributed by atoms with E-state index in [-0.39, 0.29) is 0 Å². The molecule has 0 amide bonds. The third kappa shape index (κ3) is 6.12. The molecule has 0 bridgehead atoms. The van der Waals surface area contributed by atoms with E-state index in [1.807, 2.05) is 60.7 Å². The van der Waals surface area contributed by atoms with E-state index in [0.717, 1.165) is 55.6 Å². The maximum absolute atomic E-state index is 6.33. The molecule has 3 aromatic carbocycles. The van der Waals surface area contributed by atoms with Gasteiger partial charge in [0.15, 0.2) is 11.5 Å². The normalized spacial score (nSPS) is 15.3. The second kappa shape index (κ2) is 11.7. The Morgan fingerprint density at radius 2 is 1.41 bits per heavy atom. The van der Waals surface area contributed by atoms with Crippen molar-refractivity contribution in [1.29, 1.82) is 0 Å². The summed E-state index contributed by atoms with van der Waals surface area (Å²) in [5.74, 6) is 3.11. The molecule has 1 aliphatic heterocycles. The number of nitrogens with zero attached hydrogens (tertiary/aromatic N) is 1. The van der Waals surface area contributed by atoms with Crippen LogP contribution < -0.4 is 14.8 Å². The molecule has 0 unspecified atom stereocenters. The first-order valence-corrected chi connectivity index (χ1v) is 11.9. The number of benzene rings is 3. The second-order valence-corrected chi connectivity index (χ2v) is 8.33. The van der Waals surface area contributed by atoms with Gasteiger partial charge in [0.25, 0.3) is 0 Å². The number of hydrogen-bond donors (Lipinski definition) is 1.